The maximum Gasteiger partial charge on any atom is 0.246 e. The molecule has 5 heteroatoms. The van der Waals surface area contributed by atoms with E-state index in [2.05, 4.69) is 37.4 Å². The quantitative estimate of drug-likeness (QED) is 0.651. The fourth-order valence-corrected chi connectivity index (χ4v) is 5.12. The fraction of sp³-hybridized carbons (Fsp3) is 0.517. The molecule has 0 bridgehead atoms. The second-order valence-corrected chi connectivity index (χ2v) is 11.3. The molecule has 0 saturated carbocycles. The van der Waals surface area contributed by atoms with Crippen LogP contribution in [0.5, 0.6) is 0 Å². The number of carbonyl (C=O) groups is 2. The number of hydrogen-bond acceptors (Lipinski definition) is 3. The lowest BCUT2D eigenvalue weighted by Crippen LogP contribution is -2.65. The summed E-state index contributed by atoms with van der Waals surface area (Å²) in [4.78, 5) is 28.9. The third kappa shape index (κ3) is 5.69. The SMILES string of the molecule is CC(C)C[C@@H]1C(=O)N[C@H](C2Cc3ccccc3C2)C(=O)N1Cc1cccc(COC(C)(C)C)c1. The molecule has 1 aliphatic heterocycles. The molecule has 2 amide bonds. The van der Waals surface area contributed by atoms with Gasteiger partial charge in [-0.3, -0.25) is 9.59 Å². The Balaban J connectivity index is 1.55. The molecule has 0 aromatic heterocycles. The zero-order valence-corrected chi connectivity index (χ0v) is 21.1. The van der Waals surface area contributed by atoms with Gasteiger partial charge in [0.25, 0.3) is 0 Å². The number of rotatable bonds is 7. The first-order valence-corrected chi connectivity index (χ1v) is 12.5. The molecule has 34 heavy (non-hydrogen) atoms. The lowest BCUT2D eigenvalue weighted by Gasteiger charge is -2.41. The fourth-order valence-electron chi connectivity index (χ4n) is 5.12. The second-order valence-electron chi connectivity index (χ2n) is 11.3. The van der Waals surface area contributed by atoms with E-state index in [1.807, 2.05) is 56.0 Å². The van der Waals surface area contributed by atoms with Gasteiger partial charge in [0.2, 0.25) is 11.8 Å². The number of benzene rings is 2. The van der Waals surface area contributed by atoms with Crippen molar-refractivity contribution < 1.29 is 14.3 Å². The van der Waals surface area contributed by atoms with Crippen molar-refractivity contribution in [1.82, 2.24) is 10.2 Å². The van der Waals surface area contributed by atoms with Crippen LogP contribution in [0.15, 0.2) is 48.5 Å². The molecular weight excluding hydrogens is 424 g/mol. The summed E-state index contributed by atoms with van der Waals surface area (Å²) in [5.74, 6) is 0.425. The Morgan fingerprint density at radius 1 is 1.00 bits per heavy atom. The predicted octanol–water partition coefficient (Wildman–Crippen LogP) is 4.66. The lowest BCUT2D eigenvalue weighted by atomic mass is 9.90. The summed E-state index contributed by atoms with van der Waals surface area (Å²) in [5.41, 5.74) is 4.46. The summed E-state index contributed by atoms with van der Waals surface area (Å²) in [6.45, 7) is 11.3. The second kappa shape index (κ2) is 9.91. The molecule has 1 heterocycles. The highest BCUT2D eigenvalue weighted by Gasteiger charge is 2.45. The van der Waals surface area contributed by atoms with Gasteiger partial charge in [0, 0.05) is 6.54 Å². The van der Waals surface area contributed by atoms with E-state index in [0.717, 1.165) is 24.0 Å². The lowest BCUT2D eigenvalue weighted by molar-refractivity contribution is -0.152. The molecule has 5 nitrogen and oxygen atoms in total. The molecule has 1 fully saturated rings. The topological polar surface area (TPSA) is 58.6 Å². The Morgan fingerprint density at radius 3 is 2.26 bits per heavy atom. The molecule has 1 N–H and O–H groups in total. The van der Waals surface area contributed by atoms with Crippen LogP contribution in [0.2, 0.25) is 0 Å². The molecule has 1 aliphatic carbocycles. The van der Waals surface area contributed by atoms with E-state index >= 15 is 0 Å². The van der Waals surface area contributed by atoms with E-state index < -0.39 is 12.1 Å². The number of carbonyl (C=O) groups excluding carboxylic acids is 2. The van der Waals surface area contributed by atoms with Crippen molar-refractivity contribution in [2.75, 3.05) is 0 Å². The van der Waals surface area contributed by atoms with Crippen molar-refractivity contribution in [3.8, 4) is 0 Å². The van der Waals surface area contributed by atoms with Crippen molar-refractivity contribution in [3.05, 3.63) is 70.8 Å². The predicted molar refractivity (Wildman–Crippen MR) is 134 cm³/mol. The van der Waals surface area contributed by atoms with Gasteiger partial charge < -0.3 is 15.0 Å². The summed E-state index contributed by atoms with van der Waals surface area (Å²) < 4.78 is 5.94. The van der Waals surface area contributed by atoms with Gasteiger partial charge in [0.15, 0.2) is 0 Å². The van der Waals surface area contributed by atoms with Crippen LogP contribution in [-0.4, -0.2) is 34.4 Å². The smallest absolute Gasteiger partial charge is 0.246 e. The van der Waals surface area contributed by atoms with Crippen LogP contribution in [0, 0.1) is 11.8 Å². The number of fused-ring (bicyclic) bond motifs is 1. The Kier molecular flexibility index (Phi) is 7.13. The highest BCUT2D eigenvalue weighted by Crippen LogP contribution is 2.32. The van der Waals surface area contributed by atoms with Crippen LogP contribution in [0.3, 0.4) is 0 Å². The minimum Gasteiger partial charge on any atom is -0.371 e. The van der Waals surface area contributed by atoms with Crippen LogP contribution in [0.1, 0.15) is 63.3 Å². The number of amides is 2. The molecule has 2 aliphatic rings. The van der Waals surface area contributed by atoms with Crippen molar-refractivity contribution >= 4 is 11.8 Å². The Bertz CT molecular complexity index is 1010. The third-order valence-corrected chi connectivity index (χ3v) is 6.79. The maximum atomic E-state index is 13.8. The van der Waals surface area contributed by atoms with Gasteiger partial charge in [-0.25, -0.2) is 0 Å². The largest absolute Gasteiger partial charge is 0.371 e. The number of hydrogen-bond donors (Lipinski definition) is 1. The molecule has 0 radical (unpaired) electrons. The zero-order valence-electron chi connectivity index (χ0n) is 21.1. The molecule has 2 aromatic rings. The highest BCUT2D eigenvalue weighted by molar-refractivity contribution is 5.97. The standard InChI is InChI=1S/C29H38N2O3/c1-19(2)13-25-27(32)30-26(24-15-22-11-6-7-12-23(22)16-24)28(33)31(25)17-20-9-8-10-21(14-20)18-34-29(3,4)5/h6-12,14,19,24-26H,13,15-18H2,1-5H3,(H,30,32)/t25-,26-/m1/s1. The van der Waals surface area contributed by atoms with Crippen molar-refractivity contribution in [2.45, 2.75) is 84.7 Å². The molecule has 4 rings (SSSR count). The average molecular weight is 463 g/mol. The minimum atomic E-state index is -0.476. The van der Waals surface area contributed by atoms with Gasteiger partial charge in [-0.05, 0) is 74.1 Å². The summed E-state index contributed by atoms with van der Waals surface area (Å²) in [7, 11) is 0. The van der Waals surface area contributed by atoms with Crippen LogP contribution >= 0.6 is 0 Å². The summed E-state index contributed by atoms with van der Waals surface area (Å²) >= 11 is 0. The minimum absolute atomic E-state index is 0.0264. The molecular formula is C29H38N2O3. The van der Waals surface area contributed by atoms with E-state index in [1.165, 1.54) is 11.1 Å². The Hall–Kier alpha value is -2.66. The average Bonchev–Trinajstić information content (AvgIpc) is 3.20. The number of piperazine rings is 1. The van der Waals surface area contributed by atoms with E-state index in [9.17, 15) is 9.59 Å². The molecule has 2 aromatic carbocycles. The monoisotopic (exact) mass is 462 g/mol. The van der Waals surface area contributed by atoms with E-state index in [4.69, 9.17) is 4.74 Å². The molecule has 1 saturated heterocycles. The van der Waals surface area contributed by atoms with Gasteiger partial charge in [-0.1, -0.05) is 62.4 Å². The first kappa shape index (κ1) is 24.5. The molecule has 0 spiro atoms. The third-order valence-electron chi connectivity index (χ3n) is 6.79. The maximum absolute atomic E-state index is 13.8. The van der Waals surface area contributed by atoms with Gasteiger partial charge in [0.1, 0.15) is 12.1 Å². The molecule has 0 unspecified atom stereocenters. The van der Waals surface area contributed by atoms with E-state index in [1.54, 1.807) is 0 Å². The summed E-state index contributed by atoms with van der Waals surface area (Å²) in [6, 6.07) is 15.6. The first-order chi connectivity index (χ1) is 16.1. The number of nitrogens with zero attached hydrogens (tertiary/aromatic N) is 1. The zero-order chi connectivity index (χ0) is 24.5. The van der Waals surface area contributed by atoms with Crippen LogP contribution in [0.4, 0.5) is 0 Å². The van der Waals surface area contributed by atoms with Gasteiger partial charge in [-0.15, -0.1) is 0 Å². The van der Waals surface area contributed by atoms with Crippen molar-refractivity contribution in [2.24, 2.45) is 11.8 Å². The highest BCUT2D eigenvalue weighted by atomic mass is 16.5. The number of nitrogens with one attached hydrogen (secondary N) is 1. The van der Waals surface area contributed by atoms with Crippen LogP contribution in [-0.2, 0) is 40.3 Å². The summed E-state index contributed by atoms with van der Waals surface area (Å²) in [5, 5.41) is 3.11. The van der Waals surface area contributed by atoms with E-state index in [0.29, 0.717) is 25.5 Å². The molecule has 2 atom stereocenters. The van der Waals surface area contributed by atoms with Crippen molar-refractivity contribution in [1.29, 1.82) is 0 Å². The number of ether oxygens (including phenoxy) is 1. The Morgan fingerprint density at radius 2 is 1.65 bits per heavy atom. The first-order valence-electron chi connectivity index (χ1n) is 12.5. The summed E-state index contributed by atoms with van der Waals surface area (Å²) in [6.07, 6.45) is 2.31. The van der Waals surface area contributed by atoms with Crippen molar-refractivity contribution in [3.63, 3.8) is 0 Å². The Labute approximate surface area is 203 Å². The molecule has 182 valence electrons. The normalized spacial score (nSPS) is 21.2. The van der Waals surface area contributed by atoms with Gasteiger partial charge in [-0.2, -0.15) is 0 Å². The van der Waals surface area contributed by atoms with Crippen LogP contribution in [0.25, 0.3) is 0 Å². The van der Waals surface area contributed by atoms with Gasteiger partial charge in [0.05, 0.1) is 12.2 Å². The van der Waals surface area contributed by atoms with Crippen LogP contribution < -0.4 is 5.32 Å². The van der Waals surface area contributed by atoms with Gasteiger partial charge >= 0.3 is 0 Å². The van der Waals surface area contributed by atoms with E-state index in [-0.39, 0.29) is 23.3 Å².